The topological polar surface area (TPSA) is 61.8 Å². The normalized spacial score (nSPS) is 21.9. The lowest BCUT2D eigenvalue weighted by Crippen LogP contribution is -2.40. The first-order valence-corrected chi connectivity index (χ1v) is 6.39. The lowest BCUT2D eigenvalue weighted by atomic mass is 10.2. The summed E-state index contributed by atoms with van der Waals surface area (Å²) in [5, 5.41) is 12.0. The van der Waals surface area contributed by atoms with Gasteiger partial charge in [0.1, 0.15) is 6.04 Å². The van der Waals surface area contributed by atoms with Crippen LogP contribution in [0.25, 0.3) is 0 Å². The predicted octanol–water partition coefficient (Wildman–Crippen LogP) is 0.550. The minimum Gasteiger partial charge on any atom is -0.480 e. The van der Waals surface area contributed by atoms with Gasteiger partial charge in [-0.3, -0.25) is 4.79 Å². The van der Waals surface area contributed by atoms with E-state index in [-0.39, 0.29) is 0 Å². The van der Waals surface area contributed by atoms with Gasteiger partial charge in [0.15, 0.2) is 0 Å². The quantitative estimate of drug-likeness (QED) is 0.653. The molecule has 2 unspecified atom stereocenters. The fourth-order valence-electron chi connectivity index (χ4n) is 2.14. The minimum absolute atomic E-state index is 0.336. The summed E-state index contributed by atoms with van der Waals surface area (Å²) in [6, 6.07) is -0.438. The Morgan fingerprint density at radius 2 is 2.41 bits per heavy atom. The van der Waals surface area contributed by atoms with E-state index >= 15 is 0 Å². The number of carboxylic acid groups (broad SMARTS) is 1. The molecule has 0 saturated carbocycles. The number of hydrogen-bond donors (Lipinski definition) is 2. The van der Waals surface area contributed by atoms with Gasteiger partial charge in [-0.25, -0.2) is 0 Å². The first-order valence-electron chi connectivity index (χ1n) is 6.39. The van der Waals surface area contributed by atoms with Crippen LogP contribution in [-0.4, -0.2) is 61.4 Å². The van der Waals surface area contributed by atoms with Gasteiger partial charge in [-0.05, 0) is 39.4 Å². The Balaban J connectivity index is 2.20. The Morgan fingerprint density at radius 1 is 1.65 bits per heavy atom. The highest BCUT2D eigenvalue weighted by Crippen LogP contribution is 2.12. The van der Waals surface area contributed by atoms with E-state index in [0.717, 1.165) is 32.5 Å². The molecule has 0 amide bonds. The molecule has 1 fully saturated rings. The molecule has 0 aromatic carbocycles. The summed E-state index contributed by atoms with van der Waals surface area (Å²) in [6.07, 6.45) is 3.24. The molecule has 0 bridgehead atoms. The molecular weight excluding hydrogens is 220 g/mol. The van der Waals surface area contributed by atoms with E-state index in [1.165, 1.54) is 0 Å². The Hall–Kier alpha value is -0.650. The van der Waals surface area contributed by atoms with Gasteiger partial charge in [0.25, 0.3) is 0 Å². The smallest absolute Gasteiger partial charge is 0.320 e. The van der Waals surface area contributed by atoms with Crippen molar-refractivity contribution >= 4 is 5.97 Å². The number of nitrogens with zero attached hydrogens (tertiary/aromatic N) is 1. The molecule has 2 N–H and O–H groups in total. The Labute approximate surface area is 103 Å². The molecule has 2 atom stereocenters. The standard InChI is InChI=1S/C12H24N2O3/c1-3-13-11(12(15)16)6-7-14(2)9-10-5-4-8-17-10/h10-11,13H,3-9H2,1-2H3,(H,15,16). The summed E-state index contributed by atoms with van der Waals surface area (Å²) in [5.74, 6) is -0.766. The molecule has 0 aromatic rings. The van der Waals surface area contributed by atoms with E-state index in [0.29, 0.717) is 19.1 Å². The van der Waals surface area contributed by atoms with Crippen molar-refractivity contribution in [2.24, 2.45) is 0 Å². The van der Waals surface area contributed by atoms with Crippen molar-refractivity contribution in [2.45, 2.75) is 38.3 Å². The van der Waals surface area contributed by atoms with Gasteiger partial charge in [0.2, 0.25) is 0 Å². The summed E-state index contributed by atoms with van der Waals surface area (Å²) in [5.41, 5.74) is 0. The number of rotatable bonds is 8. The highest BCUT2D eigenvalue weighted by Gasteiger charge is 2.19. The molecule has 5 heteroatoms. The molecule has 1 saturated heterocycles. The molecular formula is C12H24N2O3. The Kier molecular flexibility index (Phi) is 6.47. The van der Waals surface area contributed by atoms with Crippen LogP contribution in [0.2, 0.25) is 0 Å². The lowest BCUT2D eigenvalue weighted by Gasteiger charge is -2.22. The second kappa shape index (κ2) is 7.63. The predicted molar refractivity (Wildman–Crippen MR) is 66.2 cm³/mol. The van der Waals surface area contributed by atoms with Crippen LogP contribution in [0.4, 0.5) is 0 Å². The minimum atomic E-state index is -0.766. The largest absolute Gasteiger partial charge is 0.480 e. The fraction of sp³-hybridized carbons (Fsp3) is 0.917. The molecule has 0 spiro atoms. The monoisotopic (exact) mass is 244 g/mol. The SMILES string of the molecule is CCNC(CCN(C)CC1CCCO1)C(=O)O. The third-order valence-corrected chi connectivity index (χ3v) is 3.09. The second-order valence-corrected chi connectivity index (χ2v) is 4.63. The first kappa shape index (κ1) is 14.4. The number of ether oxygens (including phenoxy) is 1. The van der Waals surface area contributed by atoms with Crippen molar-refractivity contribution in [3.63, 3.8) is 0 Å². The molecule has 1 heterocycles. The van der Waals surface area contributed by atoms with Crippen LogP contribution < -0.4 is 5.32 Å². The molecule has 1 rings (SSSR count). The second-order valence-electron chi connectivity index (χ2n) is 4.63. The van der Waals surface area contributed by atoms with Crippen molar-refractivity contribution in [1.82, 2.24) is 10.2 Å². The summed E-state index contributed by atoms with van der Waals surface area (Å²) >= 11 is 0. The van der Waals surface area contributed by atoms with Crippen LogP contribution in [0.1, 0.15) is 26.2 Å². The maximum atomic E-state index is 10.9. The van der Waals surface area contributed by atoms with E-state index in [4.69, 9.17) is 9.84 Å². The van der Waals surface area contributed by atoms with Crippen LogP contribution in [0, 0.1) is 0 Å². The third kappa shape index (κ3) is 5.48. The number of hydrogen-bond acceptors (Lipinski definition) is 4. The molecule has 1 aliphatic rings. The first-order chi connectivity index (χ1) is 8.13. The average Bonchev–Trinajstić information content (AvgIpc) is 2.76. The maximum Gasteiger partial charge on any atom is 0.320 e. The molecule has 5 nitrogen and oxygen atoms in total. The highest BCUT2D eigenvalue weighted by molar-refractivity contribution is 5.73. The van der Waals surface area contributed by atoms with Gasteiger partial charge >= 0.3 is 5.97 Å². The van der Waals surface area contributed by atoms with Crippen molar-refractivity contribution in [3.8, 4) is 0 Å². The summed E-state index contributed by atoms with van der Waals surface area (Å²) in [7, 11) is 2.02. The van der Waals surface area contributed by atoms with Crippen LogP contribution in [0.15, 0.2) is 0 Å². The number of nitrogens with one attached hydrogen (secondary N) is 1. The number of likely N-dealkylation sites (N-methyl/N-ethyl adjacent to an activating group) is 2. The zero-order valence-electron chi connectivity index (χ0n) is 10.8. The van der Waals surface area contributed by atoms with Crippen molar-refractivity contribution in [1.29, 1.82) is 0 Å². The van der Waals surface area contributed by atoms with E-state index in [1.54, 1.807) is 0 Å². The Bertz CT molecular complexity index is 230. The molecule has 0 radical (unpaired) electrons. The average molecular weight is 244 g/mol. The molecule has 1 aliphatic heterocycles. The number of carbonyl (C=O) groups is 1. The highest BCUT2D eigenvalue weighted by atomic mass is 16.5. The lowest BCUT2D eigenvalue weighted by molar-refractivity contribution is -0.139. The third-order valence-electron chi connectivity index (χ3n) is 3.09. The summed E-state index contributed by atoms with van der Waals surface area (Å²) in [6.45, 7) is 5.16. The van der Waals surface area contributed by atoms with Gasteiger partial charge in [0.05, 0.1) is 6.10 Å². The maximum absolute atomic E-state index is 10.9. The molecule has 100 valence electrons. The molecule has 17 heavy (non-hydrogen) atoms. The van der Waals surface area contributed by atoms with E-state index in [1.807, 2.05) is 14.0 Å². The van der Waals surface area contributed by atoms with Gasteiger partial charge in [-0.15, -0.1) is 0 Å². The summed E-state index contributed by atoms with van der Waals surface area (Å²) < 4.78 is 5.55. The zero-order chi connectivity index (χ0) is 12.7. The van der Waals surface area contributed by atoms with Gasteiger partial charge in [0, 0.05) is 13.2 Å². The van der Waals surface area contributed by atoms with Gasteiger partial charge < -0.3 is 20.1 Å². The van der Waals surface area contributed by atoms with E-state index < -0.39 is 12.0 Å². The summed E-state index contributed by atoms with van der Waals surface area (Å²) in [4.78, 5) is 13.1. The zero-order valence-corrected chi connectivity index (χ0v) is 10.8. The van der Waals surface area contributed by atoms with Crippen molar-refractivity contribution < 1.29 is 14.6 Å². The van der Waals surface area contributed by atoms with Gasteiger partial charge in [-0.2, -0.15) is 0 Å². The van der Waals surface area contributed by atoms with Crippen LogP contribution in [-0.2, 0) is 9.53 Å². The molecule has 0 aromatic heterocycles. The number of aliphatic carboxylic acids is 1. The Morgan fingerprint density at radius 3 is 2.94 bits per heavy atom. The van der Waals surface area contributed by atoms with E-state index in [2.05, 4.69) is 10.2 Å². The fourth-order valence-corrected chi connectivity index (χ4v) is 2.14. The van der Waals surface area contributed by atoms with Crippen LogP contribution in [0.3, 0.4) is 0 Å². The van der Waals surface area contributed by atoms with E-state index in [9.17, 15) is 4.79 Å². The van der Waals surface area contributed by atoms with Crippen molar-refractivity contribution in [2.75, 3.05) is 33.3 Å². The number of carboxylic acids is 1. The van der Waals surface area contributed by atoms with Crippen LogP contribution >= 0.6 is 0 Å². The van der Waals surface area contributed by atoms with Crippen molar-refractivity contribution in [3.05, 3.63) is 0 Å². The van der Waals surface area contributed by atoms with Crippen LogP contribution in [0.5, 0.6) is 0 Å². The van der Waals surface area contributed by atoms with Gasteiger partial charge in [-0.1, -0.05) is 6.92 Å². The molecule has 0 aliphatic carbocycles.